The highest BCUT2D eigenvalue weighted by molar-refractivity contribution is 7.89. The molecule has 8 heteroatoms. The van der Waals surface area contributed by atoms with Gasteiger partial charge in [-0.3, -0.25) is 9.59 Å². The zero-order valence-electron chi connectivity index (χ0n) is 12.6. The minimum Gasteiger partial charge on any atom is -0.481 e. The maximum atomic E-state index is 12.3. The molecule has 7 nitrogen and oxygen atoms in total. The SMILES string of the molecule is COC(=O)C1(CS(=O)(=O)NC(C)(C)CCC(=O)O)CCC1. The minimum atomic E-state index is -3.70. The Balaban J connectivity index is 2.73. The van der Waals surface area contributed by atoms with Gasteiger partial charge in [0.25, 0.3) is 0 Å². The molecule has 0 bridgehead atoms. The number of carboxylic acids is 1. The fourth-order valence-corrected chi connectivity index (χ4v) is 4.67. The molecule has 0 heterocycles. The average Bonchev–Trinajstić information content (AvgIpc) is 2.29. The molecule has 1 aliphatic rings. The largest absolute Gasteiger partial charge is 0.481 e. The van der Waals surface area contributed by atoms with Gasteiger partial charge in [0.1, 0.15) is 0 Å². The zero-order valence-corrected chi connectivity index (χ0v) is 13.5. The van der Waals surface area contributed by atoms with Crippen LogP contribution in [0.25, 0.3) is 0 Å². The molecule has 1 rings (SSSR count). The van der Waals surface area contributed by atoms with Crippen LogP contribution in [0.3, 0.4) is 0 Å². The van der Waals surface area contributed by atoms with Crippen molar-refractivity contribution in [3.8, 4) is 0 Å². The van der Waals surface area contributed by atoms with E-state index in [2.05, 4.69) is 4.72 Å². The Morgan fingerprint density at radius 2 is 1.90 bits per heavy atom. The molecule has 0 radical (unpaired) electrons. The van der Waals surface area contributed by atoms with Crippen LogP contribution in [0.4, 0.5) is 0 Å². The number of carboxylic acid groups (broad SMARTS) is 1. The van der Waals surface area contributed by atoms with E-state index in [1.807, 2.05) is 0 Å². The monoisotopic (exact) mass is 321 g/mol. The highest BCUT2D eigenvalue weighted by atomic mass is 32.2. The average molecular weight is 321 g/mol. The standard InChI is InChI=1S/C13H23NO6S/c1-12(2,8-5-10(15)16)14-21(18,19)9-13(6-4-7-13)11(17)20-3/h14H,4-9H2,1-3H3,(H,15,16). The summed E-state index contributed by atoms with van der Waals surface area (Å²) in [6.45, 7) is 3.25. The number of nitrogens with one attached hydrogen (secondary N) is 1. The minimum absolute atomic E-state index is 0.127. The molecule has 0 saturated heterocycles. The predicted octanol–water partition coefficient (Wildman–Crippen LogP) is 0.892. The highest BCUT2D eigenvalue weighted by Gasteiger charge is 2.49. The highest BCUT2D eigenvalue weighted by Crippen LogP contribution is 2.43. The number of aliphatic carboxylic acids is 1. The first kappa shape index (κ1) is 17.9. The van der Waals surface area contributed by atoms with Crippen molar-refractivity contribution in [1.82, 2.24) is 4.72 Å². The number of methoxy groups -OCH3 is 1. The Hall–Kier alpha value is -1.15. The van der Waals surface area contributed by atoms with E-state index in [0.29, 0.717) is 12.8 Å². The molecule has 0 unspecified atom stereocenters. The number of sulfonamides is 1. The Labute approximate surface area is 125 Å². The van der Waals surface area contributed by atoms with Crippen molar-refractivity contribution in [2.24, 2.45) is 5.41 Å². The molecule has 0 aliphatic heterocycles. The van der Waals surface area contributed by atoms with E-state index in [-0.39, 0.29) is 18.6 Å². The second-order valence-corrected chi connectivity index (χ2v) is 7.99. The summed E-state index contributed by atoms with van der Waals surface area (Å²) in [6, 6.07) is 0. The van der Waals surface area contributed by atoms with E-state index in [4.69, 9.17) is 9.84 Å². The van der Waals surface area contributed by atoms with Crippen LogP contribution < -0.4 is 4.72 Å². The fourth-order valence-electron chi connectivity index (χ4n) is 2.52. The third kappa shape index (κ3) is 4.96. The summed E-state index contributed by atoms with van der Waals surface area (Å²) < 4.78 is 31.7. The number of hydrogen-bond donors (Lipinski definition) is 2. The van der Waals surface area contributed by atoms with Crippen LogP contribution in [-0.4, -0.2) is 43.9 Å². The van der Waals surface area contributed by atoms with Crippen molar-refractivity contribution < 1.29 is 27.9 Å². The summed E-state index contributed by atoms with van der Waals surface area (Å²) in [5.41, 5.74) is -1.83. The van der Waals surface area contributed by atoms with Gasteiger partial charge in [-0.05, 0) is 33.1 Å². The first-order valence-corrected chi connectivity index (χ1v) is 8.49. The van der Waals surface area contributed by atoms with Crippen LogP contribution in [0.5, 0.6) is 0 Å². The molecule has 122 valence electrons. The van der Waals surface area contributed by atoms with Crippen LogP contribution in [0, 0.1) is 5.41 Å². The Morgan fingerprint density at radius 1 is 1.33 bits per heavy atom. The van der Waals surface area contributed by atoms with Crippen LogP contribution in [0.2, 0.25) is 0 Å². The van der Waals surface area contributed by atoms with Crippen LogP contribution in [0.1, 0.15) is 46.0 Å². The molecule has 0 spiro atoms. The maximum absolute atomic E-state index is 12.3. The van der Waals surface area contributed by atoms with Crippen molar-refractivity contribution in [3.05, 3.63) is 0 Å². The van der Waals surface area contributed by atoms with E-state index in [1.165, 1.54) is 7.11 Å². The van der Waals surface area contributed by atoms with Gasteiger partial charge in [0.15, 0.2) is 0 Å². The summed E-state index contributed by atoms with van der Waals surface area (Å²) in [6.07, 6.45) is 1.84. The maximum Gasteiger partial charge on any atom is 0.312 e. The van der Waals surface area contributed by atoms with E-state index in [1.54, 1.807) is 13.8 Å². The summed E-state index contributed by atoms with van der Waals surface area (Å²) in [5, 5.41) is 8.68. The predicted molar refractivity (Wildman–Crippen MR) is 76.2 cm³/mol. The van der Waals surface area contributed by atoms with Gasteiger partial charge in [-0.15, -0.1) is 0 Å². The first-order valence-electron chi connectivity index (χ1n) is 6.84. The van der Waals surface area contributed by atoms with Gasteiger partial charge in [0.05, 0.1) is 18.3 Å². The van der Waals surface area contributed by atoms with Crippen LogP contribution in [-0.2, 0) is 24.3 Å². The van der Waals surface area contributed by atoms with Crippen LogP contribution >= 0.6 is 0 Å². The van der Waals surface area contributed by atoms with Crippen molar-refractivity contribution >= 4 is 22.0 Å². The second-order valence-electron chi connectivity index (χ2n) is 6.26. The molecule has 0 atom stereocenters. The van der Waals surface area contributed by atoms with Crippen molar-refractivity contribution in [3.63, 3.8) is 0 Å². The molecule has 0 amide bonds. The molecule has 21 heavy (non-hydrogen) atoms. The number of esters is 1. The second kappa shape index (κ2) is 6.31. The third-order valence-corrected chi connectivity index (χ3v) is 5.59. The van der Waals surface area contributed by atoms with Gasteiger partial charge in [0.2, 0.25) is 10.0 Å². The molecular weight excluding hydrogens is 298 g/mol. The molecule has 1 saturated carbocycles. The van der Waals surface area contributed by atoms with E-state index >= 15 is 0 Å². The number of ether oxygens (including phenoxy) is 1. The Kier molecular flexibility index (Phi) is 5.38. The number of hydrogen-bond acceptors (Lipinski definition) is 5. The number of carbonyl (C=O) groups excluding carboxylic acids is 1. The van der Waals surface area contributed by atoms with Crippen molar-refractivity contribution in [2.45, 2.75) is 51.5 Å². The van der Waals surface area contributed by atoms with Gasteiger partial charge < -0.3 is 9.84 Å². The summed E-state index contributed by atoms with van der Waals surface area (Å²) >= 11 is 0. The molecule has 2 N–H and O–H groups in total. The molecule has 0 aromatic rings. The molecule has 0 aromatic heterocycles. The molecular formula is C13H23NO6S. The van der Waals surface area contributed by atoms with Gasteiger partial charge in [-0.25, -0.2) is 13.1 Å². The Morgan fingerprint density at radius 3 is 2.29 bits per heavy atom. The van der Waals surface area contributed by atoms with E-state index < -0.39 is 32.9 Å². The van der Waals surface area contributed by atoms with Crippen molar-refractivity contribution in [1.29, 1.82) is 0 Å². The van der Waals surface area contributed by atoms with Gasteiger partial charge >= 0.3 is 11.9 Å². The lowest BCUT2D eigenvalue weighted by molar-refractivity contribution is -0.156. The summed E-state index contributed by atoms with van der Waals surface area (Å²) in [4.78, 5) is 22.4. The van der Waals surface area contributed by atoms with Gasteiger partial charge in [0, 0.05) is 12.0 Å². The van der Waals surface area contributed by atoms with Gasteiger partial charge in [-0.1, -0.05) is 6.42 Å². The van der Waals surface area contributed by atoms with E-state index in [0.717, 1.165) is 6.42 Å². The normalized spacial score (nSPS) is 17.9. The van der Waals surface area contributed by atoms with Crippen molar-refractivity contribution in [2.75, 3.05) is 12.9 Å². The molecule has 1 aliphatic carbocycles. The quantitative estimate of drug-likeness (QED) is 0.643. The lowest BCUT2D eigenvalue weighted by atomic mass is 9.70. The molecule has 0 aromatic carbocycles. The van der Waals surface area contributed by atoms with Crippen LogP contribution in [0.15, 0.2) is 0 Å². The fraction of sp³-hybridized carbons (Fsp3) is 0.846. The smallest absolute Gasteiger partial charge is 0.312 e. The number of carbonyl (C=O) groups is 2. The topological polar surface area (TPSA) is 110 Å². The number of rotatable bonds is 8. The Bertz CT molecular complexity index is 507. The lowest BCUT2D eigenvalue weighted by Gasteiger charge is -2.39. The third-order valence-electron chi connectivity index (χ3n) is 3.79. The first-order chi connectivity index (χ1) is 9.52. The molecule has 1 fully saturated rings. The zero-order chi connectivity index (χ0) is 16.3. The summed E-state index contributed by atoms with van der Waals surface area (Å²) in [5.74, 6) is -1.79. The van der Waals surface area contributed by atoms with Gasteiger partial charge in [-0.2, -0.15) is 0 Å². The lowest BCUT2D eigenvalue weighted by Crippen LogP contribution is -2.51. The van der Waals surface area contributed by atoms with E-state index in [9.17, 15) is 18.0 Å². The summed E-state index contributed by atoms with van der Waals surface area (Å²) in [7, 11) is -2.46.